The number of nitrogens with zero attached hydrogens (tertiary/aromatic N) is 6. The zero-order chi connectivity index (χ0) is 29.4. The molecular formula is C25H19F5N8O2S. The summed E-state index contributed by atoms with van der Waals surface area (Å²) < 4.78 is 71.1. The number of halogens is 5. The number of carbonyl (C=O) groups excluding carboxylic acids is 2. The Hall–Kier alpha value is -4.47. The van der Waals surface area contributed by atoms with Crippen molar-refractivity contribution < 1.29 is 31.5 Å². The van der Waals surface area contributed by atoms with Crippen molar-refractivity contribution >= 4 is 44.7 Å². The number of rotatable bonds is 6. The first-order valence-corrected chi connectivity index (χ1v) is 13.0. The van der Waals surface area contributed by atoms with E-state index in [0.29, 0.717) is 40.0 Å². The molecule has 2 amide bonds. The van der Waals surface area contributed by atoms with Crippen LogP contribution in [0, 0.1) is 6.92 Å². The molecular weight excluding hydrogens is 571 g/mol. The molecule has 1 saturated carbocycles. The molecule has 1 aliphatic rings. The molecule has 5 heterocycles. The van der Waals surface area contributed by atoms with Crippen LogP contribution in [-0.2, 0) is 13.2 Å². The van der Waals surface area contributed by atoms with E-state index in [0.717, 1.165) is 18.2 Å². The van der Waals surface area contributed by atoms with E-state index in [4.69, 9.17) is 5.73 Å². The summed E-state index contributed by atoms with van der Waals surface area (Å²) in [5.41, 5.74) is 4.70. The first-order valence-electron chi connectivity index (χ1n) is 12.2. The van der Waals surface area contributed by atoms with Gasteiger partial charge < -0.3 is 11.1 Å². The second-order valence-electron chi connectivity index (χ2n) is 9.61. The Kier molecular flexibility index (Phi) is 6.06. The lowest BCUT2D eigenvalue weighted by atomic mass is 10.0. The van der Waals surface area contributed by atoms with E-state index >= 15 is 0 Å². The molecule has 16 heteroatoms. The maximum Gasteiger partial charge on any atom is 0.433 e. The average molecular weight is 591 g/mol. The first kappa shape index (κ1) is 26.7. The van der Waals surface area contributed by atoms with Crippen molar-refractivity contribution in [3.8, 4) is 11.1 Å². The molecule has 1 aliphatic carbocycles. The number of nitrogens with one attached hydrogen (secondary N) is 1. The van der Waals surface area contributed by atoms with Gasteiger partial charge in [0.2, 0.25) is 0 Å². The largest absolute Gasteiger partial charge is 0.433 e. The lowest BCUT2D eigenvalue weighted by molar-refractivity contribution is -0.142. The summed E-state index contributed by atoms with van der Waals surface area (Å²) in [6, 6.07) is 3.16. The Labute approximate surface area is 231 Å². The standard InChI is InChI=1S/C25H19F5N8O2S/c1-9-12(8-32-37(9)2)11-5-14(21(26)27)34-24-18(11)19(20(41-24)22(31)39)35-23(40)15-7-17-33-13(10-3-4-10)6-16(25(28,29)30)38(17)36-15/h5-8,10,21H,3-4H2,1-2H3,(H2,31,39)(H,35,40). The minimum Gasteiger partial charge on any atom is -0.365 e. The zero-order valence-corrected chi connectivity index (χ0v) is 22.1. The normalized spacial score (nSPS) is 14.0. The van der Waals surface area contributed by atoms with Gasteiger partial charge >= 0.3 is 6.18 Å². The summed E-state index contributed by atoms with van der Waals surface area (Å²) in [6.45, 7) is 1.70. The van der Waals surface area contributed by atoms with Gasteiger partial charge in [-0.2, -0.15) is 23.4 Å². The van der Waals surface area contributed by atoms with Gasteiger partial charge in [-0.05, 0) is 37.5 Å². The molecule has 1 fully saturated rings. The maximum absolute atomic E-state index is 13.8. The predicted octanol–water partition coefficient (Wildman–Crippen LogP) is 5.23. The summed E-state index contributed by atoms with van der Waals surface area (Å²) in [6.07, 6.45) is -4.85. The number of thiophene rings is 1. The monoisotopic (exact) mass is 590 g/mol. The third-order valence-corrected chi connectivity index (χ3v) is 7.96. The highest BCUT2D eigenvalue weighted by Crippen LogP contribution is 2.44. The molecule has 41 heavy (non-hydrogen) atoms. The number of hydrogen-bond acceptors (Lipinski definition) is 7. The molecule has 0 unspecified atom stereocenters. The van der Waals surface area contributed by atoms with E-state index < -0.39 is 41.5 Å². The summed E-state index contributed by atoms with van der Waals surface area (Å²) in [5, 5.41) is 10.7. The number of amides is 2. The smallest absolute Gasteiger partial charge is 0.365 e. The molecule has 5 aromatic heterocycles. The highest BCUT2D eigenvalue weighted by atomic mass is 32.1. The zero-order valence-electron chi connectivity index (χ0n) is 21.3. The third-order valence-electron chi connectivity index (χ3n) is 6.86. The quantitative estimate of drug-likeness (QED) is 0.260. The number of hydrogen-bond donors (Lipinski definition) is 2. The van der Waals surface area contributed by atoms with Gasteiger partial charge in [0.05, 0.1) is 11.9 Å². The van der Waals surface area contributed by atoms with Gasteiger partial charge in [0.1, 0.15) is 21.1 Å². The van der Waals surface area contributed by atoms with Crippen LogP contribution in [0.5, 0.6) is 0 Å². The number of aromatic nitrogens is 6. The Morgan fingerprint density at radius 2 is 1.88 bits per heavy atom. The SMILES string of the molecule is Cc1c(-c2cc(C(F)F)nc3sc(C(N)=O)c(NC(=O)c4cc5nc(C6CC6)cc(C(F)(F)F)n5n4)c23)cnn1C. The second-order valence-corrected chi connectivity index (χ2v) is 10.6. The molecule has 0 saturated heterocycles. The van der Waals surface area contributed by atoms with E-state index in [1.165, 1.54) is 10.9 Å². The molecule has 3 N–H and O–H groups in total. The number of anilines is 1. The van der Waals surface area contributed by atoms with Crippen LogP contribution >= 0.6 is 11.3 Å². The van der Waals surface area contributed by atoms with Crippen molar-refractivity contribution in [1.82, 2.24) is 29.4 Å². The van der Waals surface area contributed by atoms with Crippen LogP contribution in [0.3, 0.4) is 0 Å². The van der Waals surface area contributed by atoms with Gasteiger partial charge in [0.25, 0.3) is 18.2 Å². The summed E-state index contributed by atoms with van der Waals surface area (Å²) in [5.74, 6) is -2.03. The number of primary amides is 1. The number of fused-ring (bicyclic) bond motifs is 2. The van der Waals surface area contributed by atoms with Crippen LogP contribution in [0.15, 0.2) is 24.4 Å². The lowest BCUT2D eigenvalue weighted by Crippen LogP contribution is -2.18. The van der Waals surface area contributed by atoms with Crippen molar-refractivity contribution in [3.63, 3.8) is 0 Å². The molecule has 0 spiro atoms. The number of aryl methyl sites for hydroxylation is 1. The van der Waals surface area contributed by atoms with Gasteiger partial charge in [-0.15, -0.1) is 11.3 Å². The molecule has 0 aromatic carbocycles. The van der Waals surface area contributed by atoms with Crippen LogP contribution in [0.2, 0.25) is 0 Å². The molecule has 6 rings (SSSR count). The van der Waals surface area contributed by atoms with Crippen LogP contribution in [0.4, 0.5) is 27.6 Å². The van der Waals surface area contributed by atoms with E-state index in [-0.39, 0.29) is 43.6 Å². The van der Waals surface area contributed by atoms with Crippen LogP contribution in [-0.4, -0.2) is 41.2 Å². The fraction of sp³-hybridized carbons (Fsp3) is 0.280. The number of nitrogens with two attached hydrogens (primary N) is 1. The molecule has 0 atom stereocenters. The first-order chi connectivity index (χ1) is 19.3. The Morgan fingerprint density at radius 3 is 2.46 bits per heavy atom. The highest BCUT2D eigenvalue weighted by molar-refractivity contribution is 7.21. The van der Waals surface area contributed by atoms with Gasteiger partial charge in [0, 0.05) is 41.4 Å². The van der Waals surface area contributed by atoms with E-state index in [1.54, 1.807) is 14.0 Å². The summed E-state index contributed by atoms with van der Waals surface area (Å²) in [7, 11) is 1.65. The van der Waals surface area contributed by atoms with Crippen molar-refractivity contribution in [1.29, 1.82) is 0 Å². The number of pyridine rings is 1. The van der Waals surface area contributed by atoms with Crippen molar-refractivity contribution in [3.05, 3.63) is 57.7 Å². The maximum atomic E-state index is 13.8. The van der Waals surface area contributed by atoms with Crippen molar-refractivity contribution in [2.45, 2.75) is 38.3 Å². The third kappa shape index (κ3) is 4.57. The fourth-order valence-electron chi connectivity index (χ4n) is 4.57. The van der Waals surface area contributed by atoms with Gasteiger partial charge in [0.15, 0.2) is 11.3 Å². The molecule has 0 radical (unpaired) electrons. The van der Waals surface area contributed by atoms with Crippen LogP contribution in [0.25, 0.3) is 27.0 Å². The Balaban J connectivity index is 1.51. The summed E-state index contributed by atoms with van der Waals surface area (Å²) in [4.78, 5) is 33.8. The molecule has 10 nitrogen and oxygen atoms in total. The Morgan fingerprint density at radius 1 is 1.15 bits per heavy atom. The van der Waals surface area contributed by atoms with Crippen LogP contribution in [0.1, 0.15) is 68.1 Å². The topological polar surface area (TPSA) is 133 Å². The minimum absolute atomic E-state index is 0.00439. The van der Waals surface area contributed by atoms with Crippen molar-refractivity contribution in [2.24, 2.45) is 12.8 Å². The van der Waals surface area contributed by atoms with E-state index in [2.05, 4.69) is 25.5 Å². The van der Waals surface area contributed by atoms with Crippen LogP contribution < -0.4 is 11.1 Å². The van der Waals surface area contributed by atoms with Crippen molar-refractivity contribution in [2.75, 3.05) is 5.32 Å². The van der Waals surface area contributed by atoms with Gasteiger partial charge in [-0.1, -0.05) is 0 Å². The highest BCUT2D eigenvalue weighted by Gasteiger charge is 2.38. The molecule has 0 aliphatic heterocycles. The lowest BCUT2D eigenvalue weighted by Gasteiger charge is -2.11. The summed E-state index contributed by atoms with van der Waals surface area (Å²) >= 11 is 0.698. The average Bonchev–Trinajstić information content (AvgIpc) is 3.43. The Bertz CT molecular complexity index is 1890. The molecule has 0 bridgehead atoms. The van der Waals surface area contributed by atoms with E-state index in [1.807, 2.05) is 0 Å². The van der Waals surface area contributed by atoms with Gasteiger partial charge in [-0.25, -0.2) is 23.3 Å². The number of carbonyl (C=O) groups is 2. The predicted molar refractivity (Wildman–Crippen MR) is 138 cm³/mol. The fourth-order valence-corrected chi connectivity index (χ4v) is 5.58. The molecule has 212 valence electrons. The van der Waals surface area contributed by atoms with E-state index in [9.17, 15) is 31.5 Å². The minimum atomic E-state index is -4.77. The number of alkyl halides is 5. The second kappa shape index (κ2) is 9.29. The molecule has 5 aromatic rings. The van der Waals surface area contributed by atoms with Gasteiger partial charge in [-0.3, -0.25) is 14.3 Å².